The van der Waals surface area contributed by atoms with Crippen molar-refractivity contribution in [3.05, 3.63) is 35.9 Å². The Balaban J connectivity index is 2.80. The number of hydrogen-bond acceptors (Lipinski definition) is 5. The van der Waals surface area contributed by atoms with Gasteiger partial charge in [-0.25, -0.2) is 9.93 Å². The summed E-state index contributed by atoms with van der Waals surface area (Å²) in [5.41, 5.74) is 0.0126. The van der Waals surface area contributed by atoms with Gasteiger partial charge in [0.25, 0.3) is 0 Å². The van der Waals surface area contributed by atoms with Crippen LogP contribution in [0.15, 0.2) is 30.3 Å². The molecule has 1 aromatic carbocycles. The first kappa shape index (κ1) is 17.4. The van der Waals surface area contributed by atoms with Crippen LogP contribution in [0.2, 0.25) is 0 Å². The molecule has 1 atom stereocenters. The van der Waals surface area contributed by atoms with Crippen molar-refractivity contribution in [2.45, 2.75) is 32.4 Å². The first-order valence-corrected chi connectivity index (χ1v) is 7.75. The van der Waals surface area contributed by atoms with Crippen molar-refractivity contribution in [2.24, 2.45) is 5.14 Å². The number of benzene rings is 1. The third kappa shape index (κ3) is 7.64. The molecule has 0 saturated carbocycles. The van der Waals surface area contributed by atoms with Gasteiger partial charge in [-0.2, -0.15) is 8.42 Å². The summed E-state index contributed by atoms with van der Waals surface area (Å²) in [5, 5.41) is 7.36. The van der Waals surface area contributed by atoms with Crippen molar-refractivity contribution < 1.29 is 22.1 Å². The first-order chi connectivity index (χ1) is 9.57. The van der Waals surface area contributed by atoms with E-state index in [1.807, 2.05) is 0 Å². The van der Waals surface area contributed by atoms with Crippen LogP contribution in [0.5, 0.6) is 0 Å². The zero-order valence-corrected chi connectivity index (χ0v) is 13.0. The molecule has 1 unspecified atom stereocenters. The Kier molecular flexibility index (Phi) is 5.70. The molecule has 0 fully saturated rings. The number of amides is 1. The molecule has 1 rings (SSSR count). The monoisotopic (exact) mass is 316 g/mol. The van der Waals surface area contributed by atoms with Crippen LogP contribution in [0.4, 0.5) is 4.79 Å². The smallest absolute Gasteiger partial charge is 0.408 e. The molecule has 7 nitrogen and oxygen atoms in total. The molecule has 3 N–H and O–H groups in total. The Labute approximate surface area is 124 Å². The number of carbonyl (C=O) groups is 1. The third-order valence-corrected chi connectivity index (χ3v) is 2.76. The van der Waals surface area contributed by atoms with Gasteiger partial charge in [0.1, 0.15) is 5.60 Å². The van der Waals surface area contributed by atoms with E-state index in [0.29, 0.717) is 5.56 Å². The van der Waals surface area contributed by atoms with Crippen molar-refractivity contribution >= 4 is 16.4 Å². The lowest BCUT2D eigenvalue weighted by Gasteiger charge is -2.23. The van der Waals surface area contributed by atoms with Gasteiger partial charge in [-0.05, 0) is 26.3 Å². The van der Waals surface area contributed by atoms with Gasteiger partial charge in [-0.15, -0.1) is 0 Å². The van der Waals surface area contributed by atoms with Crippen LogP contribution in [0.25, 0.3) is 0 Å². The second-order valence-corrected chi connectivity index (χ2v) is 6.61. The molecule has 1 amide bonds. The molecule has 0 aliphatic heterocycles. The fourth-order valence-corrected chi connectivity index (χ4v) is 1.85. The fraction of sp³-hybridized carbons (Fsp3) is 0.462. The van der Waals surface area contributed by atoms with E-state index in [0.717, 1.165) is 0 Å². The quantitative estimate of drug-likeness (QED) is 0.855. The molecule has 0 saturated heterocycles. The Hall–Kier alpha value is -1.64. The summed E-state index contributed by atoms with van der Waals surface area (Å²) in [6.07, 6.45) is -0.672. The Morgan fingerprint density at radius 3 is 2.33 bits per heavy atom. The lowest BCUT2D eigenvalue weighted by atomic mass is 10.1. The van der Waals surface area contributed by atoms with Gasteiger partial charge in [0.2, 0.25) is 0 Å². The summed E-state index contributed by atoms with van der Waals surface area (Å²) in [6.45, 7) is 4.86. The van der Waals surface area contributed by atoms with Crippen LogP contribution >= 0.6 is 0 Å². The number of hydrogen-bond donors (Lipinski definition) is 2. The van der Waals surface area contributed by atoms with E-state index in [-0.39, 0.29) is 6.61 Å². The molecular formula is C13H20N2O5S. The summed E-state index contributed by atoms with van der Waals surface area (Å²) < 4.78 is 31.5. The molecule has 0 aromatic heterocycles. The van der Waals surface area contributed by atoms with Gasteiger partial charge in [-0.3, -0.25) is 4.18 Å². The molecular weight excluding hydrogens is 296 g/mol. The van der Waals surface area contributed by atoms with E-state index in [9.17, 15) is 13.2 Å². The summed E-state index contributed by atoms with van der Waals surface area (Å²) in [7, 11) is -4.09. The van der Waals surface area contributed by atoms with Gasteiger partial charge in [0.05, 0.1) is 12.6 Å². The van der Waals surface area contributed by atoms with Gasteiger partial charge in [-0.1, -0.05) is 30.3 Å². The maximum Gasteiger partial charge on any atom is 0.408 e. The summed E-state index contributed by atoms with van der Waals surface area (Å²) >= 11 is 0. The summed E-state index contributed by atoms with van der Waals surface area (Å²) in [4.78, 5) is 11.8. The van der Waals surface area contributed by atoms with E-state index in [2.05, 4.69) is 9.50 Å². The average Bonchev–Trinajstić information content (AvgIpc) is 2.32. The highest BCUT2D eigenvalue weighted by atomic mass is 32.2. The van der Waals surface area contributed by atoms with Crippen molar-refractivity contribution in [3.8, 4) is 0 Å². The standard InChI is InChI=1S/C13H20N2O5S/c1-13(2,3)20-12(16)15-11(9-19-21(14,17)18)10-7-5-4-6-8-10/h4-8,11H,9H2,1-3H3,(H,15,16)(H2,14,17,18). The Bertz CT molecular complexity index is 566. The van der Waals surface area contributed by atoms with Gasteiger partial charge < -0.3 is 10.1 Å². The minimum absolute atomic E-state index is 0.317. The van der Waals surface area contributed by atoms with Crippen molar-refractivity contribution in [3.63, 3.8) is 0 Å². The van der Waals surface area contributed by atoms with Crippen molar-refractivity contribution in [1.29, 1.82) is 0 Å². The highest BCUT2D eigenvalue weighted by Crippen LogP contribution is 2.15. The van der Waals surface area contributed by atoms with Crippen LogP contribution in [-0.4, -0.2) is 26.7 Å². The van der Waals surface area contributed by atoms with Gasteiger partial charge in [0.15, 0.2) is 0 Å². The molecule has 118 valence electrons. The van der Waals surface area contributed by atoms with Crippen LogP contribution in [0.1, 0.15) is 32.4 Å². The predicted octanol–water partition coefficient (Wildman–Crippen LogP) is 1.47. The maximum absolute atomic E-state index is 11.8. The number of carbonyl (C=O) groups excluding carboxylic acids is 1. The lowest BCUT2D eigenvalue weighted by molar-refractivity contribution is 0.0487. The van der Waals surface area contributed by atoms with E-state index in [1.165, 1.54) is 0 Å². The van der Waals surface area contributed by atoms with Crippen LogP contribution in [0.3, 0.4) is 0 Å². The second-order valence-electron chi connectivity index (χ2n) is 5.39. The molecule has 0 aliphatic rings. The molecule has 0 radical (unpaired) electrons. The number of ether oxygens (including phenoxy) is 1. The number of rotatable bonds is 5. The molecule has 0 bridgehead atoms. The molecule has 0 aliphatic carbocycles. The third-order valence-electron chi connectivity index (χ3n) is 2.29. The van der Waals surface area contributed by atoms with E-state index in [1.54, 1.807) is 51.1 Å². The molecule has 1 aromatic rings. The summed E-state index contributed by atoms with van der Waals surface area (Å²) in [6, 6.07) is 8.09. The van der Waals surface area contributed by atoms with E-state index in [4.69, 9.17) is 9.88 Å². The van der Waals surface area contributed by atoms with Crippen molar-refractivity contribution in [2.75, 3.05) is 6.61 Å². The lowest BCUT2D eigenvalue weighted by Crippen LogP contribution is -2.37. The molecule has 0 heterocycles. The fourth-order valence-electron chi connectivity index (χ4n) is 1.52. The number of alkyl carbamates (subject to hydrolysis) is 1. The van der Waals surface area contributed by atoms with Crippen LogP contribution in [-0.2, 0) is 19.2 Å². The Morgan fingerprint density at radius 1 is 1.29 bits per heavy atom. The molecule has 8 heteroatoms. The maximum atomic E-state index is 11.8. The largest absolute Gasteiger partial charge is 0.444 e. The second kappa shape index (κ2) is 6.88. The average molecular weight is 316 g/mol. The zero-order valence-electron chi connectivity index (χ0n) is 12.2. The highest BCUT2D eigenvalue weighted by Gasteiger charge is 2.21. The molecule has 21 heavy (non-hydrogen) atoms. The van der Waals surface area contributed by atoms with Crippen LogP contribution < -0.4 is 10.5 Å². The number of nitrogens with two attached hydrogens (primary N) is 1. The summed E-state index contributed by atoms with van der Waals surface area (Å²) in [5.74, 6) is 0. The molecule has 0 spiro atoms. The normalized spacial score (nSPS) is 13.5. The number of nitrogens with one attached hydrogen (secondary N) is 1. The zero-order chi connectivity index (χ0) is 16.1. The van der Waals surface area contributed by atoms with Crippen LogP contribution in [0, 0.1) is 0 Å². The van der Waals surface area contributed by atoms with Gasteiger partial charge >= 0.3 is 16.4 Å². The topological polar surface area (TPSA) is 108 Å². The predicted molar refractivity (Wildman–Crippen MR) is 77.6 cm³/mol. The Morgan fingerprint density at radius 2 is 1.86 bits per heavy atom. The van der Waals surface area contributed by atoms with E-state index < -0.39 is 28.0 Å². The SMILES string of the molecule is CC(C)(C)OC(=O)NC(COS(N)(=O)=O)c1ccccc1. The minimum atomic E-state index is -4.09. The van der Waals surface area contributed by atoms with Crippen molar-refractivity contribution in [1.82, 2.24) is 5.32 Å². The van der Waals surface area contributed by atoms with Gasteiger partial charge in [0, 0.05) is 0 Å². The first-order valence-electron chi connectivity index (χ1n) is 6.28. The minimum Gasteiger partial charge on any atom is -0.444 e. The van der Waals surface area contributed by atoms with E-state index >= 15 is 0 Å². The highest BCUT2D eigenvalue weighted by molar-refractivity contribution is 7.84.